The third-order valence-electron chi connectivity index (χ3n) is 4.56. The third-order valence-corrected chi connectivity index (χ3v) is 4.56. The minimum absolute atomic E-state index is 1.03. The number of rotatable bonds is 5. The summed E-state index contributed by atoms with van der Waals surface area (Å²) < 4.78 is 0. The van der Waals surface area contributed by atoms with E-state index in [0.717, 1.165) is 17.8 Å². The van der Waals surface area contributed by atoms with Gasteiger partial charge in [-0.05, 0) is 50.1 Å². The number of nitrogens with one attached hydrogen (secondary N) is 1. The van der Waals surface area contributed by atoms with Crippen molar-refractivity contribution in [3.8, 4) is 0 Å². The first kappa shape index (κ1) is 11.4. The maximum atomic E-state index is 3.61. The first-order valence-corrected chi connectivity index (χ1v) is 7.12. The fourth-order valence-electron chi connectivity index (χ4n) is 3.50. The topological polar surface area (TPSA) is 12.0 Å². The molecule has 1 N–H and O–H groups in total. The molecular formula is C14H27N. The molecule has 0 spiro atoms. The minimum atomic E-state index is 1.03. The summed E-state index contributed by atoms with van der Waals surface area (Å²) >= 11 is 0. The summed E-state index contributed by atoms with van der Waals surface area (Å²) in [5.41, 5.74) is 0. The average molecular weight is 209 g/mol. The Labute approximate surface area is 95.0 Å². The molecule has 1 heteroatoms. The normalized spacial score (nSPS) is 32.6. The Morgan fingerprint density at radius 3 is 2.40 bits per heavy atom. The Morgan fingerprint density at radius 2 is 1.80 bits per heavy atom. The highest BCUT2D eigenvalue weighted by Gasteiger charge is 2.36. The van der Waals surface area contributed by atoms with Crippen LogP contribution in [0.15, 0.2) is 0 Å². The lowest BCUT2D eigenvalue weighted by molar-refractivity contribution is 0.0787. The largest absolute Gasteiger partial charge is 0.316 e. The van der Waals surface area contributed by atoms with Gasteiger partial charge in [-0.2, -0.15) is 0 Å². The van der Waals surface area contributed by atoms with E-state index >= 15 is 0 Å². The molecule has 2 atom stereocenters. The van der Waals surface area contributed by atoms with Crippen molar-refractivity contribution < 1.29 is 0 Å². The highest BCUT2D eigenvalue weighted by Crippen LogP contribution is 2.44. The van der Waals surface area contributed by atoms with E-state index in [0.29, 0.717) is 0 Å². The van der Waals surface area contributed by atoms with Gasteiger partial charge in [-0.25, -0.2) is 0 Å². The van der Waals surface area contributed by atoms with Crippen LogP contribution in [0.5, 0.6) is 0 Å². The number of hydrogen-bond acceptors (Lipinski definition) is 1. The Hall–Kier alpha value is -0.0400. The molecule has 2 saturated carbocycles. The van der Waals surface area contributed by atoms with Gasteiger partial charge in [-0.1, -0.05) is 39.0 Å². The first-order valence-electron chi connectivity index (χ1n) is 7.12. The molecule has 0 aromatic rings. The van der Waals surface area contributed by atoms with Crippen molar-refractivity contribution in [2.75, 3.05) is 13.1 Å². The fraction of sp³-hybridized carbons (Fsp3) is 1.00. The zero-order valence-electron chi connectivity index (χ0n) is 10.3. The molecule has 0 radical (unpaired) electrons. The molecule has 0 aromatic carbocycles. The van der Waals surface area contributed by atoms with E-state index in [9.17, 15) is 0 Å². The summed E-state index contributed by atoms with van der Waals surface area (Å²) in [4.78, 5) is 0. The van der Waals surface area contributed by atoms with Crippen molar-refractivity contribution in [2.45, 2.75) is 58.3 Å². The molecule has 2 rings (SSSR count). The highest BCUT2D eigenvalue weighted by molar-refractivity contribution is 4.88. The van der Waals surface area contributed by atoms with Crippen LogP contribution < -0.4 is 5.32 Å². The first-order chi connectivity index (χ1) is 7.42. The van der Waals surface area contributed by atoms with Crippen LogP contribution in [0.4, 0.5) is 0 Å². The van der Waals surface area contributed by atoms with Gasteiger partial charge in [0.15, 0.2) is 0 Å². The lowest BCUT2D eigenvalue weighted by Crippen LogP contribution is -2.40. The molecule has 2 aliphatic carbocycles. The second kappa shape index (κ2) is 5.89. The van der Waals surface area contributed by atoms with Crippen LogP contribution >= 0.6 is 0 Å². The fourth-order valence-corrected chi connectivity index (χ4v) is 3.50. The van der Waals surface area contributed by atoms with E-state index < -0.39 is 0 Å². The maximum Gasteiger partial charge on any atom is -0.00178 e. The van der Waals surface area contributed by atoms with Crippen LogP contribution in [0, 0.1) is 17.8 Å². The summed E-state index contributed by atoms with van der Waals surface area (Å²) in [5.74, 6) is 3.22. The molecule has 0 heterocycles. The Kier molecular flexibility index (Phi) is 4.49. The van der Waals surface area contributed by atoms with E-state index in [1.807, 2.05) is 0 Å². The summed E-state index contributed by atoms with van der Waals surface area (Å²) in [6, 6.07) is 0. The van der Waals surface area contributed by atoms with Gasteiger partial charge in [-0.3, -0.25) is 0 Å². The van der Waals surface area contributed by atoms with Gasteiger partial charge in [0.05, 0.1) is 0 Å². The van der Waals surface area contributed by atoms with Crippen molar-refractivity contribution in [3.63, 3.8) is 0 Å². The molecule has 88 valence electrons. The van der Waals surface area contributed by atoms with E-state index in [4.69, 9.17) is 0 Å². The second-order valence-corrected chi connectivity index (χ2v) is 5.60. The lowest BCUT2D eigenvalue weighted by atomic mass is 9.63. The van der Waals surface area contributed by atoms with Gasteiger partial charge in [0.2, 0.25) is 0 Å². The SMILES string of the molecule is CCCNCC1CCC1C1CCCCC1. The van der Waals surface area contributed by atoms with Crippen LogP contribution in [0.1, 0.15) is 58.3 Å². The van der Waals surface area contributed by atoms with Gasteiger partial charge in [0.1, 0.15) is 0 Å². The van der Waals surface area contributed by atoms with Gasteiger partial charge >= 0.3 is 0 Å². The lowest BCUT2D eigenvalue weighted by Gasteiger charge is -2.43. The van der Waals surface area contributed by atoms with Crippen LogP contribution in [0.2, 0.25) is 0 Å². The molecule has 0 saturated heterocycles. The molecule has 2 unspecified atom stereocenters. The van der Waals surface area contributed by atoms with E-state index in [2.05, 4.69) is 12.2 Å². The van der Waals surface area contributed by atoms with Crippen molar-refractivity contribution >= 4 is 0 Å². The molecule has 15 heavy (non-hydrogen) atoms. The highest BCUT2D eigenvalue weighted by atomic mass is 14.9. The van der Waals surface area contributed by atoms with Gasteiger partial charge in [-0.15, -0.1) is 0 Å². The van der Waals surface area contributed by atoms with Gasteiger partial charge < -0.3 is 5.32 Å². The van der Waals surface area contributed by atoms with Crippen LogP contribution in [0.3, 0.4) is 0 Å². The van der Waals surface area contributed by atoms with Crippen molar-refractivity contribution in [2.24, 2.45) is 17.8 Å². The number of hydrogen-bond donors (Lipinski definition) is 1. The summed E-state index contributed by atoms with van der Waals surface area (Å²) in [6.07, 6.45) is 11.9. The van der Waals surface area contributed by atoms with Crippen molar-refractivity contribution in [1.29, 1.82) is 0 Å². The molecule has 2 aliphatic rings. The molecule has 0 bridgehead atoms. The van der Waals surface area contributed by atoms with Crippen LogP contribution in [-0.4, -0.2) is 13.1 Å². The summed E-state index contributed by atoms with van der Waals surface area (Å²) in [6.45, 7) is 4.77. The van der Waals surface area contributed by atoms with Gasteiger partial charge in [0, 0.05) is 0 Å². The smallest absolute Gasteiger partial charge is 0.00178 e. The second-order valence-electron chi connectivity index (χ2n) is 5.60. The predicted molar refractivity (Wildman–Crippen MR) is 65.9 cm³/mol. The molecule has 0 amide bonds. The van der Waals surface area contributed by atoms with Crippen LogP contribution in [-0.2, 0) is 0 Å². The molecule has 1 nitrogen and oxygen atoms in total. The monoisotopic (exact) mass is 209 g/mol. The molecule has 2 fully saturated rings. The third kappa shape index (κ3) is 2.96. The Balaban J connectivity index is 1.68. The average Bonchev–Trinajstić information content (AvgIpc) is 2.24. The van der Waals surface area contributed by atoms with Gasteiger partial charge in [0.25, 0.3) is 0 Å². The maximum absolute atomic E-state index is 3.61. The van der Waals surface area contributed by atoms with Crippen molar-refractivity contribution in [1.82, 2.24) is 5.32 Å². The molecular weight excluding hydrogens is 182 g/mol. The minimum Gasteiger partial charge on any atom is -0.316 e. The van der Waals surface area contributed by atoms with Crippen molar-refractivity contribution in [3.05, 3.63) is 0 Å². The Bertz CT molecular complexity index is 172. The zero-order chi connectivity index (χ0) is 10.5. The predicted octanol–water partition coefficient (Wildman–Crippen LogP) is 3.59. The standard InChI is InChI=1S/C14H27N/c1-2-10-15-11-13-8-9-14(13)12-6-4-3-5-7-12/h12-15H,2-11H2,1H3. The zero-order valence-corrected chi connectivity index (χ0v) is 10.3. The Morgan fingerprint density at radius 1 is 1.00 bits per heavy atom. The summed E-state index contributed by atoms with van der Waals surface area (Å²) in [7, 11) is 0. The van der Waals surface area contributed by atoms with E-state index in [1.54, 1.807) is 0 Å². The van der Waals surface area contributed by atoms with Crippen LogP contribution in [0.25, 0.3) is 0 Å². The van der Waals surface area contributed by atoms with E-state index in [-0.39, 0.29) is 0 Å². The molecule has 0 aromatic heterocycles. The molecule has 0 aliphatic heterocycles. The quantitative estimate of drug-likeness (QED) is 0.682. The summed E-state index contributed by atoms with van der Waals surface area (Å²) in [5, 5.41) is 3.61. The van der Waals surface area contributed by atoms with E-state index in [1.165, 1.54) is 64.5 Å².